The molecule has 1 aromatic rings. The van der Waals surface area contributed by atoms with Crippen LogP contribution in [-0.2, 0) is 16.0 Å². The minimum absolute atomic E-state index is 0.143. The van der Waals surface area contributed by atoms with E-state index in [1.165, 1.54) is 43.2 Å². The summed E-state index contributed by atoms with van der Waals surface area (Å²) >= 11 is 0. The highest BCUT2D eigenvalue weighted by Crippen LogP contribution is 2.24. The van der Waals surface area contributed by atoms with Crippen LogP contribution in [0.2, 0.25) is 0 Å². The van der Waals surface area contributed by atoms with Crippen molar-refractivity contribution in [3.8, 4) is 0 Å². The highest BCUT2D eigenvalue weighted by atomic mass is 16.5. The van der Waals surface area contributed by atoms with Crippen LogP contribution >= 0.6 is 0 Å². The van der Waals surface area contributed by atoms with E-state index < -0.39 is 0 Å². The monoisotopic (exact) mass is 303 g/mol. The number of benzene rings is 1. The van der Waals surface area contributed by atoms with Gasteiger partial charge in [0.1, 0.15) is 6.04 Å². The lowest BCUT2D eigenvalue weighted by Gasteiger charge is -2.23. The minimum Gasteiger partial charge on any atom is -0.464 e. The van der Waals surface area contributed by atoms with E-state index >= 15 is 0 Å². The Bertz CT molecular complexity index is 492. The maximum Gasteiger partial charge on any atom is 0.328 e. The van der Waals surface area contributed by atoms with Gasteiger partial charge >= 0.3 is 5.97 Å². The molecular weight excluding hydrogens is 274 g/mol. The van der Waals surface area contributed by atoms with Gasteiger partial charge in [0.15, 0.2) is 0 Å². The zero-order valence-electron chi connectivity index (χ0n) is 14.2. The number of para-hydroxylation sites is 1. The average molecular weight is 303 g/mol. The summed E-state index contributed by atoms with van der Waals surface area (Å²) in [6.45, 7) is 6.67. The van der Waals surface area contributed by atoms with E-state index in [0.29, 0.717) is 12.5 Å². The molecule has 0 bridgehead atoms. The molecule has 1 saturated carbocycles. The van der Waals surface area contributed by atoms with Crippen molar-refractivity contribution in [1.29, 1.82) is 0 Å². The van der Waals surface area contributed by atoms with Crippen LogP contribution in [-0.4, -0.2) is 18.6 Å². The molecule has 1 aliphatic carbocycles. The van der Waals surface area contributed by atoms with Gasteiger partial charge in [-0.2, -0.15) is 0 Å². The van der Waals surface area contributed by atoms with Crippen molar-refractivity contribution in [1.82, 2.24) is 0 Å². The van der Waals surface area contributed by atoms with Crippen molar-refractivity contribution in [3.05, 3.63) is 29.3 Å². The molecule has 0 heterocycles. The van der Waals surface area contributed by atoms with Crippen molar-refractivity contribution >= 4 is 11.7 Å². The molecule has 1 aromatic carbocycles. The number of rotatable bonds is 6. The van der Waals surface area contributed by atoms with Gasteiger partial charge in [-0.15, -0.1) is 0 Å². The fourth-order valence-corrected chi connectivity index (χ4v) is 3.18. The van der Waals surface area contributed by atoms with E-state index in [1.807, 2.05) is 6.92 Å². The number of ether oxygens (including phenoxy) is 1. The van der Waals surface area contributed by atoms with E-state index in [1.54, 1.807) is 0 Å². The molecule has 0 aromatic heterocycles. The first kappa shape index (κ1) is 16.9. The van der Waals surface area contributed by atoms with Crippen LogP contribution in [0.4, 0.5) is 5.69 Å². The first-order valence-electron chi connectivity index (χ1n) is 8.63. The molecule has 0 radical (unpaired) electrons. The SMILES string of the molecule is CCc1cccc(C)c1N[C@@H](C)C(=O)OCC1CCCCC1. The van der Waals surface area contributed by atoms with Crippen molar-refractivity contribution in [2.24, 2.45) is 5.92 Å². The normalized spacial score (nSPS) is 17.0. The lowest BCUT2D eigenvalue weighted by atomic mass is 9.90. The van der Waals surface area contributed by atoms with E-state index in [4.69, 9.17) is 4.74 Å². The smallest absolute Gasteiger partial charge is 0.328 e. The number of carbonyl (C=O) groups excluding carboxylic acids is 1. The third-order valence-corrected chi connectivity index (χ3v) is 4.64. The summed E-state index contributed by atoms with van der Waals surface area (Å²) in [6, 6.07) is 5.93. The summed E-state index contributed by atoms with van der Waals surface area (Å²) in [7, 11) is 0. The third kappa shape index (κ3) is 4.49. The minimum atomic E-state index is -0.310. The first-order valence-corrected chi connectivity index (χ1v) is 8.63. The number of hydrogen-bond donors (Lipinski definition) is 1. The largest absolute Gasteiger partial charge is 0.464 e. The summed E-state index contributed by atoms with van der Waals surface area (Å²) in [5.74, 6) is 0.422. The predicted octanol–water partition coefficient (Wildman–Crippen LogP) is 4.48. The Morgan fingerprint density at radius 2 is 2.05 bits per heavy atom. The Morgan fingerprint density at radius 1 is 1.32 bits per heavy atom. The summed E-state index contributed by atoms with van der Waals surface area (Å²) in [5, 5.41) is 3.34. The molecule has 1 aliphatic rings. The number of carbonyl (C=O) groups is 1. The van der Waals surface area contributed by atoms with Gasteiger partial charge in [0.05, 0.1) is 6.61 Å². The van der Waals surface area contributed by atoms with E-state index in [0.717, 1.165) is 12.1 Å². The highest BCUT2D eigenvalue weighted by Gasteiger charge is 2.20. The van der Waals surface area contributed by atoms with Crippen LogP contribution in [0.15, 0.2) is 18.2 Å². The number of anilines is 1. The molecular formula is C19H29NO2. The van der Waals surface area contributed by atoms with Gasteiger partial charge in [-0.3, -0.25) is 0 Å². The van der Waals surface area contributed by atoms with Gasteiger partial charge in [-0.25, -0.2) is 4.79 Å². The van der Waals surface area contributed by atoms with Crippen LogP contribution in [0.3, 0.4) is 0 Å². The predicted molar refractivity (Wildman–Crippen MR) is 91.2 cm³/mol. The second kappa shape index (κ2) is 8.21. The third-order valence-electron chi connectivity index (χ3n) is 4.64. The molecule has 3 nitrogen and oxygen atoms in total. The molecule has 0 saturated heterocycles. The topological polar surface area (TPSA) is 38.3 Å². The van der Waals surface area contributed by atoms with Crippen molar-refractivity contribution in [2.75, 3.05) is 11.9 Å². The molecule has 1 atom stereocenters. The van der Waals surface area contributed by atoms with Gasteiger partial charge in [0, 0.05) is 5.69 Å². The molecule has 1 fully saturated rings. The van der Waals surface area contributed by atoms with Crippen molar-refractivity contribution in [3.63, 3.8) is 0 Å². The fourth-order valence-electron chi connectivity index (χ4n) is 3.18. The Morgan fingerprint density at radius 3 is 2.73 bits per heavy atom. The van der Waals surface area contributed by atoms with E-state index in [2.05, 4.69) is 37.4 Å². The van der Waals surface area contributed by atoms with Crippen molar-refractivity contribution in [2.45, 2.75) is 65.3 Å². The molecule has 1 N–H and O–H groups in total. The molecule has 2 rings (SSSR count). The molecule has 0 aliphatic heterocycles. The zero-order valence-corrected chi connectivity index (χ0v) is 14.2. The van der Waals surface area contributed by atoms with E-state index in [-0.39, 0.29) is 12.0 Å². The number of hydrogen-bond acceptors (Lipinski definition) is 3. The van der Waals surface area contributed by atoms with Crippen molar-refractivity contribution < 1.29 is 9.53 Å². The van der Waals surface area contributed by atoms with Gasteiger partial charge in [-0.1, -0.05) is 44.4 Å². The van der Waals surface area contributed by atoms with Crippen LogP contribution < -0.4 is 5.32 Å². The Hall–Kier alpha value is -1.51. The maximum absolute atomic E-state index is 12.2. The number of aryl methyl sites for hydroxylation is 2. The van der Waals surface area contributed by atoms with Gasteiger partial charge in [-0.05, 0) is 50.2 Å². The Labute approximate surface area is 134 Å². The quantitative estimate of drug-likeness (QED) is 0.787. The van der Waals surface area contributed by atoms with Crippen LogP contribution in [0.25, 0.3) is 0 Å². The number of esters is 1. The molecule has 22 heavy (non-hydrogen) atoms. The molecule has 3 heteroatoms. The standard InChI is InChI=1S/C19H29NO2/c1-4-17-12-8-9-14(2)18(17)20-15(3)19(21)22-13-16-10-6-5-7-11-16/h8-9,12,15-16,20H,4-7,10-11,13H2,1-3H3/t15-/m0/s1. The number of nitrogens with one attached hydrogen (secondary N) is 1. The molecule has 122 valence electrons. The highest BCUT2D eigenvalue weighted by molar-refractivity contribution is 5.79. The fraction of sp³-hybridized carbons (Fsp3) is 0.632. The molecule has 0 unspecified atom stereocenters. The second-order valence-electron chi connectivity index (χ2n) is 6.46. The summed E-state index contributed by atoms with van der Waals surface area (Å²) in [5.41, 5.74) is 3.49. The second-order valence-corrected chi connectivity index (χ2v) is 6.46. The maximum atomic E-state index is 12.2. The van der Waals surface area contributed by atoms with Gasteiger partial charge in [0.2, 0.25) is 0 Å². The Balaban J connectivity index is 1.88. The van der Waals surface area contributed by atoms with Crippen LogP contribution in [0.1, 0.15) is 57.1 Å². The van der Waals surface area contributed by atoms with Crippen LogP contribution in [0.5, 0.6) is 0 Å². The van der Waals surface area contributed by atoms with Gasteiger partial charge < -0.3 is 10.1 Å². The summed E-state index contributed by atoms with van der Waals surface area (Å²) in [4.78, 5) is 12.2. The molecule has 0 spiro atoms. The average Bonchev–Trinajstić information content (AvgIpc) is 2.55. The van der Waals surface area contributed by atoms with Gasteiger partial charge in [0.25, 0.3) is 0 Å². The first-order chi connectivity index (χ1) is 10.6. The molecule has 0 amide bonds. The zero-order chi connectivity index (χ0) is 15.9. The Kier molecular flexibility index (Phi) is 6.29. The van der Waals surface area contributed by atoms with E-state index in [9.17, 15) is 4.79 Å². The summed E-state index contributed by atoms with van der Waals surface area (Å²) < 4.78 is 5.53. The lowest BCUT2D eigenvalue weighted by molar-refractivity contribution is -0.145. The lowest BCUT2D eigenvalue weighted by Crippen LogP contribution is -2.30. The summed E-state index contributed by atoms with van der Waals surface area (Å²) in [6.07, 6.45) is 7.24. The van der Waals surface area contributed by atoms with Crippen LogP contribution in [0, 0.1) is 12.8 Å².